The highest BCUT2D eigenvalue weighted by molar-refractivity contribution is 5.70. The summed E-state index contributed by atoms with van der Waals surface area (Å²) in [7, 11) is 0. The van der Waals surface area contributed by atoms with E-state index >= 15 is 0 Å². The lowest BCUT2D eigenvalue weighted by Gasteiger charge is -2.13. The van der Waals surface area contributed by atoms with Gasteiger partial charge in [0, 0.05) is 12.8 Å². The summed E-state index contributed by atoms with van der Waals surface area (Å²) in [5.41, 5.74) is 0.00943. The molecule has 6 nitrogen and oxygen atoms in total. The van der Waals surface area contributed by atoms with Crippen molar-refractivity contribution < 1.29 is 19.1 Å². The molecule has 0 aromatic heterocycles. The molecule has 0 spiro atoms. The van der Waals surface area contributed by atoms with Crippen LogP contribution >= 0.6 is 0 Å². The molecule has 0 N–H and O–H groups in total. The summed E-state index contributed by atoms with van der Waals surface area (Å²) >= 11 is 0. The molecule has 1 atom stereocenters. The van der Waals surface area contributed by atoms with Gasteiger partial charge < -0.3 is 9.47 Å². The van der Waals surface area contributed by atoms with Crippen molar-refractivity contribution in [3.63, 3.8) is 0 Å². The minimum atomic E-state index is -0.379. The third-order valence-corrected chi connectivity index (χ3v) is 8.32. The molecule has 0 aromatic rings. The largest absolute Gasteiger partial charge is 0.462 e. The number of esters is 2. The SMILES string of the molecule is CCCCCCCCCCCCCCCC(=O)OCC(C)OC(=O)CCCCCCCCCCC1(CCCC)N=N1. The summed E-state index contributed by atoms with van der Waals surface area (Å²) in [5.74, 6) is -0.359. The summed E-state index contributed by atoms with van der Waals surface area (Å²) in [6, 6.07) is 0. The smallest absolute Gasteiger partial charge is 0.306 e. The first-order valence-corrected chi connectivity index (χ1v) is 17.8. The lowest BCUT2D eigenvalue weighted by Crippen LogP contribution is -2.22. The maximum atomic E-state index is 12.1. The van der Waals surface area contributed by atoms with Gasteiger partial charge in [-0.3, -0.25) is 9.59 Å². The maximum Gasteiger partial charge on any atom is 0.306 e. The predicted molar refractivity (Wildman–Crippen MR) is 170 cm³/mol. The maximum absolute atomic E-state index is 12.1. The monoisotopic (exact) mass is 579 g/mol. The standard InChI is InChI=1S/C35H66N2O4/c1-4-6-8-9-10-11-12-13-14-15-18-21-24-27-33(38)40-31-32(3)41-34(39)28-25-22-19-16-17-20-23-26-30-35(36-37-35)29-7-5-2/h32H,4-31H2,1-3H3. The first kappa shape index (κ1) is 37.6. The van der Waals surface area contributed by atoms with Gasteiger partial charge in [0.05, 0.1) is 0 Å². The first-order valence-electron chi connectivity index (χ1n) is 17.8. The topological polar surface area (TPSA) is 77.3 Å². The number of ether oxygens (including phenoxy) is 2. The number of carbonyl (C=O) groups is 2. The zero-order valence-electron chi connectivity index (χ0n) is 27.4. The Labute approximate surface area is 253 Å². The molecule has 0 saturated heterocycles. The summed E-state index contributed by atoms with van der Waals surface area (Å²) in [6.45, 7) is 6.45. The minimum Gasteiger partial charge on any atom is -0.462 e. The van der Waals surface area contributed by atoms with Crippen LogP contribution in [-0.4, -0.2) is 30.3 Å². The van der Waals surface area contributed by atoms with Gasteiger partial charge in [-0.2, -0.15) is 10.2 Å². The molecule has 41 heavy (non-hydrogen) atoms. The Balaban J connectivity index is 1.82. The fourth-order valence-electron chi connectivity index (χ4n) is 5.48. The van der Waals surface area contributed by atoms with E-state index in [2.05, 4.69) is 24.1 Å². The Kier molecular flexibility index (Phi) is 24.0. The Morgan fingerprint density at radius 1 is 0.537 bits per heavy atom. The van der Waals surface area contributed by atoms with Gasteiger partial charge in [-0.1, -0.05) is 136 Å². The van der Waals surface area contributed by atoms with Gasteiger partial charge in [-0.15, -0.1) is 0 Å². The van der Waals surface area contributed by atoms with Crippen molar-refractivity contribution in [1.29, 1.82) is 0 Å². The van der Waals surface area contributed by atoms with Crippen LogP contribution in [-0.2, 0) is 19.1 Å². The first-order chi connectivity index (χ1) is 20.0. The molecule has 0 radical (unpaired) electrons. The van der Waals surface area contributed by atoms with Crippen LogP contribution in [0, 0.1) is 0 Å². The molecule has 1 heterocycles. The number of rotatable bonds is 31. The highest BCUT2D eigenvalue weighted by atomic mass is 16.6. The molecule has 1 rings (SSSR count). The van der Waals surface area contributed by atoms with Crippen molar-refractivity contribution in [2.45, 2.75) is 206 Å². The van der Waals surface area contributed by atoms with E-state index in [1.165, 1.54) is 122 Å². The molecule has 1 aliphatic rings. The van der Waals surface area contributed by atoms with E-state index in [0.717, 1.165) is 38.5 Å². The van der Waals surface area contributed by atoms with Crippen molar-refractivity contribution in [3.8, 4) is 0 Å². The summed E-state index contributed by atoms with van der Waals surface area (Å²) in [6.07, 6.45) is 31.4. The fraction of sp³-hybridized carbons (Fsp3) is 0.943. The number of unbranched alkanes of at least 4 members (excludes halogenated alkanes) is 20. The zero-order chi connectivity index (χ0) is 29.9. The third-order valence-electron chi connectivity index (χ3n) is 8.32. The summed E-state index contributed by atoms with van der Waals surface area (Å²) in [4.78, 5) is 24.1. The number of hydrogen-bond donors (Lipinski definition) is 0. The third kappa shape index (κ3) is 23.8. The lowest BCUT2D eigenvalue weighted by molar-refractivity contribution is -0.158. The van der Waals surface area contributed by atoms with Crippen LogP contribution in [0.15, 0.2) is 10.2 Å². The van der Waals surface area contributed by atoms with Crippen LogP contribution in [0.4, 0.5) is 0 Å². The van der Waals surface area contributed by atoms with Crippen LogP contribution in [0.1, 0.15) is 194 Å². The summed E-state index contributed by atoms with van der Waals surface area (Å²) < 4.78 is 10.7. The molecule has 0 amide bonds. The van der Waals surface area contributed by atoms with E-state index in [4.69, 9.17) is 9.47 Å². The van der Waals surface area contributed by atoms with Crippen LogP contribution in [0.5, 0.6) is 0 Å². The molecular weight excluding hydrogens is 512 g/mol. The highest BCUT2D eigenvalue weighted by Gasteiger charge is 2.37. The van der Waals surface area contributed by atoms with Gasteiger partial charge in [-0.25, -0.2) is 0 Å². The van der Waals surface area contributed by atoms with E-state index < -0.39 is 0 Å². The van der Waals surface area contributed by atoms with Crippen molar-refractivity contribution >= 4 is 11.9 Å². The average Bonchev–Trinajstić information content (AvgIpc) is 3.74. The van der Waals surface area contributed by atoms with E-state index in [1.54, 1.807) is 6.92 Å². The second kappa shape index (κ2) is 26.2. The van der Waals surface area contributed by atoms with E-state index in [-0.39, 0.29) is 30.3 Å². The Bertz CT molecular complexity index is 661. The van der Waals surface area contributed by atoms with Gasteiger partial charge in [0.1, 0.15) is 12.7 Å². The zero-order valence-corrected chi connectivity index (χ0v) is 27.4. The van der Waals surface area contributed by atoms with E-state index in [1.807, 2.05) is 0 Å². The van der Waals surface area contributed by atoms with Gasteiger partial charge in [0.2, 0.25) is 0 Å². The molecule has 0 bridgehead atoms. The second-order valence-corrected chi connectivity index (χ2v) is 12.6. The number of carbonyl (C=O) groups excluding carboxylic acids is 2. The van der Waals surface area contributed by atoms with Crippen LogP contribution in [0.2, 0.25) is 0 Å². The molecule has 1 unspecified atom stereocenters. The van der Waals surface area contributed by atoms with Gasteiger partial charge in [0.15, 0.2) is 5.66 Å². The Hall–Kier alpha value is -1.46. The normalized spacial score (nSPS) is 14.2. The van der Waals surface area contributed by atoms with E-state index in [9.17, 15) is 9.59 Å². The number of hydrogen-bond acceptors (Lipinski definition) is 6. The van der Waals surface area contributed by atoms with Gasteiger partial charge in [-0.05, 0) is 45.4 Å². The molecule has 1 aliphatic heterocycles. The van der Waals surface area contributed by atoms with Crippen molar-refractivity contribution in [2.75, 3.05) is 6.61 Å². The molecular formula is C35H66N2O4. The fourth-order valence-corrected chi connectivity index (χ4v) is 5.48. The van der Waals surface area contributed by atoms with Crippen molar-refractivity contribution in [2.24, 2.45) is 10.2 Å². The molecule has 240 valence electrons. The Morgan fingerprint density at radius 2 is 0.927 bits per heavy atom. The van der Waals surface area contributed by atoms with Crippen LogP contribution in [0.3, 0.4) is 0 Å². The minimum absolute atomic E-state index is 0.00943. The van der Waals surface area contributed by atoms with Crippen LogP contribution in [0.25, 0.3) is 0 Å². The number of nitrogens with zero attached hydrogens (tertiary/aromatic N) is 2. The molecule has 0 aliphatic carbocycles. The molecule has 0 saturated carbocycles. The highest BCUT2D eigenvalue weighted by Crippen LogP contribution is 2.38. The predicted octanol–water partition coefficient (Wildman–Crippen LogP) is 11.2. The van der Waals surface area contributed by atoms with Gasteiger partial charge in [0.25, 0.3) is 0 Å². The van der Waals surface area contributed by atoms with E-state index in [0.29, 0.717) is 12.8 Å². The van der Waals surface area contributed by atoms with Crippen LogP contribution < -0.4 is 0 Å². The average molecular weight is 579 g/mol. The second-order valence-electron chi connectivity index (χ2n) is 12.6. The molecule has 0 fully saturated rings. The Morgan fingerprint density at radius 3 is 1.39 bits per heavy atom. The van der Waals surface area contributed by atoms with Crippen molar-refractivity contribution in [3.05, 3.63) is 0 Å². The van der Waals surface area contributed by atoms with Gasteiger partial charge >= 0.3 is 11.9 Å². The van der Waals surface area contributed by atoms with Crippen molar-refractivity contribution in [1.82, 2.24) is 0 Å². The quantitative estimate of drug-likeness (QED) is 0.0605. The lowest BCUT2D eigenvalue weighted by atomic mass is 9.98. The molecule has 6 heteroatoms. The summed E-state index contributed by atoms with van der Waals surface area (Å²) in [5, 5.41) is 8.57. The molecule has 0 aromatic carbocycles.